The van der Waals surface area contributed by atoms with Gasteiger partial charge in [-0.05, 0) is 30.3 Å². The summed E-state index contributed by atoms with van der Waals surface area (Å²) in [5.74, 6) is -0.828. The van der Waals surface area contributed by atoms with E-state index in [-0.39, 0.29) is 16.6 Å². The van der Waals surface area contributed by atoms with Crippen LogP contribution in [0, 0.1) is 0 Å². The van der Waals surface area contributed by atoms with Gasteiger partial charge in [0.15, 0.2) is 0 Å². The normalized spacial score (nSPS) is 11.5. The standard InChI is InChI=1S/C22H16Cl2N4O4/c1-26-19-17(21(31)27(2)22(26)32)18(29)16(11-25-14-9-12(23)8-13(24)10-14)20(30)28(19)15-6-4-3-5-7-15/h3-11,29H,1-2H3/p-1. The molecule has 0 saturated heterocycles. The van der Waals surface area contributed by atoms with Gasteiger partial charge >= 0.3 is 5.69 Å². The minimum atomic E-state index is -0.828. The zero-order valence-electron chi connectivity index (χ0n) is 16.9. The van der Waals surface area contributed by atoms with Crippen LogP contribution < -0.4 is 21.9 Å². The molecule has 4 rings (SSSR count). The fourth-order valence-electron chi connectivity index (χ4n) is 3.43. The summed E-state index contributed by atoms with van der Waals surface area (Å²) < 4.78 is 3.08. The fourth-order valence-corrected chi connectivity index (χ4v) is 3.94. The number of hydrogen-bond acceptors (Lipinski definition) is 5. The van der Waals surface area contributed by atoms with Crippen molar-refractivity contribution in [1.29, 1.82) is 0 Å². The lowest BCUT2D eigenvalue weighted by molar-refractivity contribution is -0.266. The number of benzene rings is 2. The Hall–Kier alpha value is -3.62. The number of pyridine rings is 1. The number of aliphatic imine (C=N–C) groups is 1. The van der Waals surface area contributed by atoms with Crippen LogP contribution in [0.3, 0.4) is 0 Å². The van der Waals surface area contributed by atoms with Crippen molar-refractivity contribution in [2.45, 2.75) is 0 Å². The molecule has 0 spiro atoms. The van der Waals surface area contributed by atoms with E-state index in [0.29, 0.717) is 21.4 Å². The zero-order valence-corrected chi connectivity index (χ0v) is 18.4. The molecule has 162 valence electrons. The van der Waals surface area contributed by atoms with Crippen molar-refractivity contribution in [1.82, 2.24) is 13.7 Å². The number of rotatable bonds is 3. The number of hydrogen-bond donors (Lipinski definition) is 0. The lowest BCUT2D eigenvalue weighted by Crippen LogP contribution is -2.40. The lowest BCUT2D eigenvalue weighted by atomic mass is 10.1. The van der Waals surface area contributed by atoms with Crippen LogP contribution in [0.5, 0.6) is 5.75 Å². The Labute approximate surface area is 190 Å². The summed E-state index contributed by atoms with van der Waals surface area (Å²) in [6.07, 6.45) is 1.08. The van der Waals surface area contributed by atoms with E-state index in [9.17, 15) is 19.5 Å². The topological polar surface area (TPSA) is 101 Å². The molecule has 0 aliphatic heterocycles. The Kier molecular flexibility index (Phi) is 5.50. The molecule has 2 heterocycles. The number of aromatic nitrogens is 3. The molecule has 0 N–H and O–H groups in total. The molecule has 2 aromatic carbocycles. The largest absolute Gasteiger partial charge is 0.871 e. The van der Waals surface area contributed by atoms with Gasteiger partial charge in [0.25, 0.3) is 11.1 Å². The number of halogens is 2. The van der Waals surface area contributed by atoms with Crippen LogP contribution in [0.15, 0.2) is 67.9 Å². The maximum Gasteiger partial charge on any atom is 0.332 e. The van der Waals surface area contributed by atoms with Crippen LogP contribution in [-0.4, -0.2) is 19.9 Å². The Morgan fingerprint density at radius 3 is 2.16 bits per heavy atom. The number of fused-ring (bicyclic) bond motifs is 1. The van der Waals surface area contributed by atoms with Crippen LogP contribution in [0.25, 0.3) is 16.7 Å². The second kappa shape index (κ2) is 8.14. The zero-order chi connectivity index (χ0) is 23.2. The Morgan fingerprint density at radius 2 is 1.53 bits per heavy atom. The third-order valence-corrected chi connectivity index (χ3v) is 5.39. The molecule has 0 aliphatic carbocycles. The molecule has 0 atom stereocenters. The predicted octanol–water partition coefficient (Wildman–Crippen LogP) is 2.52. The fraction of sp³-hybridized carbons (Fsp3) is 0.0909. The molecule has 4 aromatic rings. The SMILES string of the molecule is Cn1c(=O)c2c([O-])c(C=Nc3cc(Cl)cc(Cl)c3)c(=O)n(-c3ccccc3)c2n(C)c1=O. The summed E-state index contributed by atoms with van der Waals surface area (Å²) in [6.45, 7) is 0. The summed E-state index contributed by atoms with van der Waals surface area (Å²) in [6, 6.07) is 12.9. The van der Waals surface area contributed by atoms with Gasteiger partial charge in [-0.2, -0.15) is 0 Å². The lowest BCUT2D eigenvalue weighted by Gasteiger charge is -2.20. The van der Waals surface area contributed by atoms with E-state index < -0.39 is 22.6 Å². The van der Waals surface area contributed by atoms with Crippen LogP contribution >= 0.6 is 23.2 Å². The second-order valence-corrected chi connectivity index (χ2v) is 7.88. The van der Waals surface area contributed by atoms with Gasteiger partial charge in [0.05, 0.1) is 22.3 Å². The van der Waals surface area contributed by atoms with E-state index in [1.807, 2.05) is 0 Å². The first kappa shape index (κ1) is 21.6. The summed E-state index contributed by atoms with van der Waals surface area (Å²) in [4.78, 5) is 43.0. The predicted molar refractivity (Wildman–Crippen MR) is 123 cm³/mol. The molecule has 0 saturated carbocycles. The van der Waals surface area contributed by atoms with Crippen LogP contribution in [-0.2, 0) is 14.1 Å². The second-order valence-electron chi connectivity index (χ2n) is 7.01. The van der Waals surface area contributed by atoms with E-state index in [4.69, 9.17) is 23.2 Å². The molecule has 0 bridgehead atoms. The van der Waals surface area contributed by atoms with E-state index in [1.165, 1.54) is 32.3 Å². The van der Waals surface area contributed by atoms with Crippen molar-refractivity contribution < 1.29 is 5.11 Å². The number of para-hydroxylation sites is 1. The van der Waals surface area contributed by atoms with Crippen LogP contribution in [0.1, 0.15) is 5.56 Å². The van der Waals surface area contributed by atoms with Gasteiger partial charge in [0.2, 0.25) is 0 Å². The molecule has 10 heteroatoms. The molecule has 8 nitrogen and oxygen atoms in total. The molecule has 0 amide bonds. The minimum absolute atomic E-state index is 0.0951. The van der Waals surface area contributed by atoms with Crippen molar-refractivity contribution in [3.05, 3.63) is 95.3 Å². The summed E-state index contributed by atoms with van der Waals surface area (Å²) >= 11 is 12.0. The molecular formula is C22H15Cl2N4O4-. The van der Waals surface area contributed by atoms with Crippen LogP contribution in [0.2, 0.25) is 10.0 Å². The first-order valence-corrected chi connectivity index (χ1v) is 10.1. The third kappa shape index (κ3) is 3.53. The van der Waals surface area contributed by atoms with E-state index in [2.05, 4.69) is 4.99 Å². The summed E-state index contributed by atoms with van der Waals surface area (Å²) in [7, 11) is 2.66. The Morgan fingerprint density at radius 1 is 0.906 bits per heavy atom. The summed E-state index contributed by atoms with van der Waals surface area (Å²) in [5, 5.41) is 13.6. The first-order chi connectivity index (χ1) is 15.2. The monoisotopic (exact) mass is 469 g/mol. The maximum atomic E-state index is 13.4. The van der Waals surface area contributed by atoms with E-state index in [0.717, 1.165) is 19.9 Å². The number of nitrogens with zero attached hydrogens (tertiary/aromatic N) is 4. The van der Waals surface area contributed by atoms with E-state index in [1.54, 1.807) is 30.3 Å². The minimum Gasteiger partial charge on any atom is -0.871 e. The van der Waals surface area contributed by atoms with Crippen molar-refractivity contribution in [3.8, 4) is 11.4 Å². The highest BCUT2D eigenvalue weighted by molar-refractivity contribution is 6.35. The quantitative estimate of drug-likeness (QED) is 0.430. The average molecular weight is 470 g/mol. The van der Waals surface area contributed by atoms with Crippen LogP contribution in [0.4, 0.5) is 5.69 Å². The molecule has 0 radical (unpaired) electrons. The highest BCUT2D eigenvalue weighted by atomic mass is 35.5. The molecule has 0 aliphatic rings. The maximum absolute atomic E-state index is 13.4. The van der Waals surface area contributed by atoms with Crippen molar-refractivity contribution in [2.24, 2.45) is 19.1 Å². The molecular weight excluding hydrogens is 455 g/mol. The third-order valence-electron chi connectivity index (χ3n) is 4.96. The smallest absolute Gasteiger partial charge is 0.332 e. The molecule has 2 aromatic heterocycles. The van der Waals surface area contributed by atoms with Gasteiger partial charge < -0.3 is 5.11 Å². The van der Waals surface area contributed by atoms with Gasteiger partial charge in [0, 0.05) is 30.4 Å². The van der Waals surface area contributed by atoms with Gasteiger partial charge in [-0.25, -0.2) is 4.79 Å². The van der Waals surface area contributed by atoms with Gasteiger partial charge in [-0.3, -0.25) is 28.3 Å². The average Bonchev–Trinajstić information content (AvgIpc) is 2.75. The van der Waals surface area contributed by atoms with Crippen molar-refractivity contribution in [2.75, 3.05) is 0 Å². The van der Waals surface area contributed by atoms with Gasteiger partial charge in [-0.15, -0.1) is 0 Å². The molecule has 32 heavy (non-hydrogen) atoms. The van der Waals surface area contributed by atoms with E-state index >= 15 is 0 Å². The molecule has 0 fully saturated rings. The molecule has 0 unspecified atom stereocenters. The van der Waals surface area contributed by atoms with Gasteiger partial charge in [-0.1, -0.05) is 47.2 Å². The highest BCUT2D eigenvalue weighted by Gasteiger charge is 2.19. The van der Waals surface area contributed by atoms with Crippen molar-refractivity contribution in [3.63, 3.8) is 0 Å². The first-order valence-electron chi connectivity index (χ1n) is 9.32. The Bertz CT molecular complexity index is 1560. The van der Waals surface area contributed by atoms with Gasteiger partial charge in [0.1, 0.15) is 5.65 Å². The number of aryl methyl sites for hydroxylation is 1. The Balaban J connectivity index is 2.14. The highest BCUT2D eigenvalue weighted by Crippen LogP contribution is 2.26. The van der Waals surface area contributed by atoms with Crippen molar-refractivity contribution >= 4 is 46.1 Å². The summed E-state index contributed by atoms with van der Waals surface area (Å²) in [5.41, 5.74) is -1.93.